The van der Waals surface area contributed by atoms with E-state index >= 15 is 0 Å². The Hall–Kier alpha value is -1.88. The summed E-state index contributed by atoms with van der Waals surface area (Å²) in [6.07, 6.45) is 3.82. The number of carbonyl (C=O) groups is 1. The molecule has 1 heterocycles. The number of fused-ring (bicyclic) bond motifs is 1. The minimum absolute atomic E-state index is 0.0374. The minimum atomic E-state index is -0.495. The molecule has 2 aromatic rings. The van der Waals surface area contributed by atoms with Crippen LogP contribution in [-0.2, 0) is 4.79 Å². The fourth-order valence-corrected chi connectivity index (χ4v) is 2.31. The summed E-state index contributed by atoms with van der Waals surface area (Å²) in [4.78, 5) is 15.6. The van der Waals surface area contributed by atoms with Crippen LogP contribution < -0.4 is 10.6 Å². The topological polar surface area (TPSA) is 54.0 Å². The second kappa shape index (κ2) is 5.85. The summed E-state index contributed by atoms with van der Waals surface area (Å²) in [5.74, 6) is -0.0110. The normalized spacial score (nSPS) is 14.2. The first-order valence-corrected chi connectivity index (χ1v) is 7.26. The Morgan fingerprint density at radius 1 is 1.38 bits per heavy atom. The van der Waals surface area contributed by atoms with Crippen LogP contribution in [0.15, 0.2) is 24.4 Å². The van der Waals surface area contributed by atoms with E-state index in [0.717, 1.165) is 0 Å². The van der Waals surface area contributed by atoms with Crippen LogP contribution in [0.4, 0.5) is 10.1 Å². The number of halogens is 2. The Kier molecular flexibility index (Phi) is 3.92. The highest BCUT2D eigenvalue weighted by atomic mass is 35.5. The number of hydrogen-bond donors (Lipinski definition) is 2. The molecule has 3 rings (SSSR count). The summed E-state index contributed by atoms with van der Waals surface area (Å²) in [5, 5.41) is 6.63. The summed E-state index contributed by atoms with van der Waals surface area (Å²) in [6.45, 7) is 0.744. The van der Waals surface area contributed by atoms with Gasteiger partial charge < -0.3 is 10.6 Å². The Bertz CT molecular complexity index is 688. The van der Waals surface area contributed by atoms with Crippen molar-refractivity contribution in [2.75, 3.05) is 18.4 Å². The summed E-state index contributed by atoms with van der Waals surface area (Å²) < 4.78 is 14.3. The molecule has 21 heavy (non-hydrogen) atoms. The zero-order chi connectivity index (χ0) is 14.8. The maximum Gasteiger partial charge on any atom is 0.239 e. The van der Waals surface area contributed by atoms with E-state index in [9.17, 15) is 9.18 Å². The van der Waals surface area contributed by atoms with Gasteiger partial charge in [0, 0.05) is 18.1 Å². The Morgan fingerprint density at radius 2 is 2.19 bits per heavy atom. The number of nitrogens with one attached hydrogen (secondary N) is 2. The lowest BCUT2D eigenvalue weighted by Crippen LogP contribution is -2.31. The summed E-state index contributed by atoms with van der Waals surface area (Å²) in [5.41, 5.74) is 0.449. The molecule has 1 saturated carbocycles. The summed E-state index contributed by atoms with van der Waals surface area (Å²) in [7, 11) is 0. The highest BCUT2D eigenvalue weighted by molar-refractivity contribution is 6.35. The van der Waals surface area contributed by atoms with Crippen LogP contribution in [0.2, 0.25) is 5.02 Å². The maximum absolute atomic E-state index is 14.3. The van der Waals surface area contributed by atoms with Crippen molar-refractivity contribution in [2.24, 2.45) is 5.92 Å². The van der Waals surface area contributed by atoms with Gasteiger partial charge in [-0.05, 0) is 37.0 Å². The molecule has 1 aromatic carbocycles. The Labute approximate surface area is 126 Å². The molecule has 0 spiro atoms. The molecule has 1 aliphatic carbocycles. The van der Waals surface area contributed by atoms with Crippen molar-refractivity contribution in [3.63, 3.8) is 0 Å². The zero-order valence-corrected chi connectivity index (χ0v) is 12.1. The third-order valence-corrected chi connectivity index (χ3v) is 3.85. The number of amides is 1. The second-order valence-corrected chi connectivity index (χ2v) is 5.62. The van der Waals surface area contributed by atoms with Crippen molar-refractivity contribution in [1.29, 1.82) is 0 Å². The van der Waals surface area contributed by atoms with Gasteiger partial charge in [0.25, 0.3) is 0 Å². The van der Waals surface area contributed by atoms with Crippen LogP contribution in [0.5, 0.6) is 0 Å². The van der Waals surface area contributed by atoms with Gasteiger partial charge in [-0.1, -0.05) is 11.6 Å². The number of hydrogen-bond acceptors (Lipinski definition) is 3. The molecule has 0 radical (unpaired) electrons. The molecule has 0 unspecified atom stereocenters. The average molecular weight is 308 g/mol. The molecular formula is C15H15ClFN3O. The molecule has 1 aliphatic rings. The van der Waals surface area contributed by atoms with Crippen molar-refractivity contribution >= 4 is 34.1 Å². The fraction of sp³-hybridized carbons (Fsp3) is 0.333. The predicted octanol–water partition coefficient (Wildman–Crippen LogP) is 2.97. The van der Waals surface area contributed by atoms with E-state index in [1.807, 2.05) is 0 Å². The number of benzene rings is 1. The molecule has 6 heteroatoms. The molecule has 0 atom stereocenters. The van der Waals surface area contributed by atoms with E-state index in [2.05, 4.69) is 15.6 Å². The number of nitrogens with zero attached hydrogens (tertiary/aromatic N) is 1. The van der Waals surface area contributed by atoms with Crippen molar-refractivity contribution in [3.05, 3.63) is 35.2 Å². The smallest absolute Gasteiger partial charge is 0.239 e. The van der Waals surface area contributed by atoms with Gasteiger partial charge in [0.2, 0.25) is 5.91 Å². The monoisotopic (exact) mass is 307 g/mol. The van der Waals surface area contributed by atoms with Gasteiger partial charge in [-0.25, -0.2) is 4.39 Å². The average Bonchev–Trinajstić information content (AvgIpc) is 3.29. The van der Waals surface area contributed by atoms with Gasteiger partial charge in [-0.3, -0.25) is 9.78 Å². The van der Waals surface area contributed by atoms with Crippen molar-refractivity contribution < 1.29 is 9.18 Å². The van der Waals surface area contributed by atoms with E-state index in [0.29, 0.717) is 22.9 Å². The fourth-order valence-electron chi connectivity index (χ4n) is 2.11. The zero-order valence-electron chi connectivity index (χ0n) is 11.3. The molecule has 110 valence electrons. The first-order chi connectivity index (χ1) is 10.1. The van der Waals surface area contributed by atoms with Crippen LogP contribution in [0, 0.1) is 11.7 Å². The van der Waals surface area contributed by atoms with E-state index < -0.39 is 5.82 Å². The number of carbonyl (C=O) groups excluding carboxylic acids is 1. The summed E-state index contributed by atoms with van der Waals surface area (Å²) >= 11 is 5.99. The van der Waals surface area contributed by atoms with Crippen molar-refractivity contribution in [1.82, 2.24) is 10.3 Å². The molecule has 1 aromatic heterocycles. The maximum atomic E-state index is 14.3. The van der Waals surface area contributed by atoms with Crippen molar-refractivity contribution in [3.8, 4) is 0 Å². The lowest BCUT2D eigenvalue weighted by Gasteiger charge is -2.10. The van der Waals surface area contributed by atoms with Gasteiger partial charge in [0.1, 0.15) is 5.52 Å². The Morgan fingerprint density at radius 3 is 2.95 bits per heavy atom. The van der Waals surface area contributed by atoms with E-state index in [-0.39, 0.29) is 23.7 Å². The molecule has 0 aliphatic heterocycles. The second-order valence-electron chi connectivity index (χ2n) is 5.22. The lowest BCUT2D eigenvalue weighted by atomic mass is 10.2. The molecule has 0 bridgehead atoms. The molecule has 1 amide bonds. The van der Waals surface area contributed by atoms with Gasteiger partial charge >= 0.3 is 0 Å². The molecule has 1 fully saturated rings. The number of aromatic nitrogens is 1. The third kappa shape index (κ3) is 3.24. The van der Waals surface area contributed by atoms with E-state index in [1.54, 1.807) is 18.2 Å². The van der Waals surface area contributed by atoms with Crippen LogP contribution in [0.25, 0.3) is 10.9 Å². The molecule has 2 N–H and O–H groups in total. The highest BCUT2D eigenvalue weighted by Crippen LogP contribution is 2.28. The van der Waals surface area contributed by atoms with Crippen LogP contribution >= 0.6 is 11.6 Å². The Balaban J connectivity index is 1.69. The largest absolute Gasteiger partial charge is 0.374 e. The standard InChI is InChI=1S/C15H15ClFN3O/c16-11-5-6-18-15-10(11)3-4-12(14(15)17)19-8-13(21)20-7-9-1-2-9/h3-6,9,19H,1-2,7-8H2,(H,20,21). The molecule has 4 nitrogen and oxygen atoms in total. The van der Waals surface area contributed by atoms with Gasteiger partial charge in [-0.15, -0.1) is 0 Å². The van der Waals surface area contributed by atoms with Crippen LogP contribution in [0.3, 0.4) is 0 Å². The quantitative estimate of drug-likeness (QED) is 0.893. The number of pyridine rings is 1. The van der Waals surface area contributed by atoms with Gasteiger partial charge in [-0.2, -0.15) is 0 Å². The lowest BCUT2D eigenvalue weighted by molar-refractivity contribution is -0.119. The minimum Gasteiger partial charge on any atom is -0.374 e. The van der Waals surface area contributed by atoms with Gasteiger partial charge in [0.15, 0.2) is 5.82 Å². The first-order valence-electron chi connectivity index (χ1n) is 6.88. The van der Waals surface area contributed by atoms with Gasteiger partial charge in [0.05, 0.1) is 17.3 Å². The summed E-state index contributed by atoms with van der Waals surface area (Å²) in [6, 6.07) is 4.87. The van der Waals surface area contributed by atoms with Crippen LogP contribution in [-0.4, -0.2) is 24.0 Å². The number of anilines is 1. The van der Waals surface area contributed by atoms with Crippen LogP contribution in [0.1, 0.15) is 12.8 Å². The third-order valence-electron chi connectivity index (χ3n) is 3.52. The highest BCUT2D eigenvalue weighted by Gasteiger charge is 2.21. The van der Waals surface area contributed by atoms with Crippen molar-refractivity contribution in [2.45, 2.75) is 12.8 Å². The first kappa shape index (κ1) is 14.1. The van der Waals surface area contributed by atoms with E-state index in [4.69, 9.17) is 11.6 Å². The SMILES string of the molecule is O=C(CNc1ccc2c(Cl)ccnc2c1F)NCC1CC1. The molecule has 0 saturated heterocycles. The van der Waals surface area contributed by atoms with E-state index in [1.165, 1.54) is 19.0 Å². The molecular weight excluding hydrogens is 293 g/mol. The number of rotatable bonds is 5. The predicted molar refractivity (Wildman–Crippen MR) is 80.9 cm³/mol.